The minimum atomic E-state index is -0.516. The van der Waals surface area contributed by atoms with Crippen molar-refractivity contribution in [3.05, 3.63) is 5.89 Å². The first kappa shape index (κ1) is 14.8. The average molecular weight is 283 g/mol. The maximum atomic E-state index is 12.0. The molecule has 7 nitrogen and oxygen atoms in total. The fourth-order valence-electron chi connectivity index (χ4n) is 2.14. The summed E-state index contributed by atoms with van der Waals surface area (Å²) in [6, 6.07) is 0. The van der Waals surface area contributed by atoms with Gasteiger partial charge in [-0.05, 0) is 18.0 Å². The van der Waals surface area contributed by atoms with E-state index in [1.165, 1.54) is 0 Å². The summed E-state index contributed by atoms with van der Waals surface area (Å²) in [5.74, 6) is 0.0298. The van der Waals surface area contributed by atoms with Crippen LogP contribution in [0.15, 0.2) is 4.52 Å². The fraction of sp³-hybridized carbons (Fsp3) is 0.769. The number of aromatic nitrogens is 2. The van der Waals surface area contributed by atoms with Crippen molar-refractivity contribution in [1.29, 1.82) is 0 Å². The molecule has 1 aromatic rings. The molecule has 0 aliphatic carbocycles. The topological polar surface area (TPSA) is 77.7 Å². The normalized spacial score (nSPS) is 17.3. The number of hydrogen-bond donors (Lipinski definition) is 0. The summed E-state index contributed by atoms with van der Waals surface area (Å²) in [6.45, 7) is 8.73. The standard InChI is InChI=1S/C13H21N3O4/c1-4-19-12(17)10(9(2)3)11-14-13(15-20-11)16-5-7-18-8-6-16/h9-10H,4-8H2,1-3H3. The highest BCUT2D eigenvalue weighted by molar-refractivity contribution is 5.77. The minimum absolute atomic E-state index is 0.0343. The van der Waals surface area contributed by atoms with Crippen LogP contribution >= 0.6 is 0 Å². The highest BCUT2D eigenvalue weighted by Crippen LogP contribution is 2.26. The number of hydrogen-bond acceptors (Lipinski definition) is 7. The molecule has 1 aromatic heterocycles. The van der Waals surface area contributed by atoms with Crippen LogP contribution in [-0.2, 0) is 14.3 Å². The Hall–Kier alpha value is -1.63. The van der Waals surface area contributed by atoms with Crippen LogP contribution < -0.4 is 4.90 Å². The number of nitrogens with zero attached hydrogens (tertiary/aromatic N) is 3. The molecule has 1 aliphatic rings. The van der Waals surface area contributed by atoms with Crippen LogP contribution in [0.3, 0.4) is 0 Å². The van der Waals surface area contributed by atoms with E-state index in [2.05, 4.69) is 10.1 Å². The van der Waals surface area contributed by atoms with Crippen LogP contribution in [0.5, 0.6) is 0 Å². The molecular weight excluding hydrogens is 262 g/mol. The Kier molecular flexibility index (Phi) is 4.94. The Labute approximate surface area is 118 Å². The van der Waals surface area contributed by atoms with Crippen molar-refractivity contribution in [1.82, 2.24) is 10.1 Å². The second kappa shape index (κ2) is 6.69. The number of carbonyl (C=O) groups excluding carboxylic acids is 1. The lowest BCUT2D eigenvalue weighted by Gasteiger charge is -2.24. The summed E-state index contributed by atoms with van der Waals surface area (Å²) in [5, 5.41) is 3.96. The molecule has 0 spiro atoms. The van der Waals surface area contributed by atoms with Gasteiger partial charge in [0.1, 0.15) is 5.92 Å². The Morgan fingerprint density at radius 3 is 2.70 bits per heavy atom. The van der Waals surface area contributed by atoms with Crippen LogP contribution in [0.25, 0.3) is 0 Å². The van der Waals surface area contributed by atoms with Crippen LogP contribution in [-0.4, -0.2) is 49.0 Å². The van der Waals surface area contributed by atoms with Gasteiger partial charge in [0.25, 0.3) is 5.95 Å². The van der Waals surface area contributed by atoms with E-state index in [-0.39, 0.29) is 11.9 Å². The lowest BCUT2D eigenvalue weighted by molar-refractivity contribution is -0.146. The van der Waals surface area contributed by atoms with Crippen molar-refractivity contribution in [2.45, 2.75) is 26.7 Å². The van der Waals surface area contributed by atoms with Crippen molar-refractivity contribution >= 4 is 11.9 Å². The van der Waals surface area contributed by atoms with Crippen molar-refractivity contribution in [2.75, 3.05) is 37.8 Å². The van der Waals surface area contributed by atoms with Gasteiger partial charge in [0.05, 0.1) is 19.8 Å². The molecule has 112 valence electrons. The van der Waals surface area contributed by atoms with Crippen LogP contribution in [0.4, 0.5) is 5.95 Å². The molecule has 1 aliphatic heterocycles. The second-order valence-corrected chi connectivity index (χ2v) is 5.01. The lowest BCUT2D eigenvalue weighted by Crippen LogP contribution is -2.37. The second-order valence-electron chi connectivity index (χ2n) is 5.01. The monoisotopic (exact) mass is 283 g/mol. The smallest absolute Gasteiger partial charge is 0.318 e. The van der Waals surface area contributed by atoms with E-state index in [1.807, 2.05) is 18.7 Å². The largest absolute Gasteiger partial charge is 0.465 e. The Balaban J connectivity index is 2.13. The van der Waals surface area contributed by atoms with Gasteiger partial charge in [-0.2, -0.15) is 4.98 Å². The summed E-state index contributed by atoms with van der Waals surface area (Å²) < 4.78 is 15.6. The predicted octanol–water partition coefficient (Wildman–Crippen LogP) is 1.21. The third kappa shape index (κ3) is 3.27. The zero-order chi connectivity index (χ0) is 14.5. The number of ether oxygens (including phenoxy) is 2. The van der Waals surface area contributed by atoms with Crippen molar-refractivity contribution in [3.8, 4) is 0 Å². The predicted molar refractivity (Wildman–Crippen MR) is 71.5 cm³/mol. The van der Waals surface area contributed by atoms with Crippen molar-refractivity contribution in [3.63, 3.8) is 0 Å². The molecule has 1 atom stereocenters. The molecule has 0 radical (unpaired) electrons. The molecule has 1 fully saturated rings. The molecule has 0 aromatic carbocycles. The number of morpholine rings is 1. The summed E-state index contributed by atoms with van der Waals surface area (Å²) in [5.41, 5.74) is 0. The van der Waals surface area contributed by atoms with Gasteiger partial charge < -0.3 is 18.9 Å². The molecule has 0 N–H and O–H groups in total. The molecule has 1 unspecified atom stereocenters. The first-order valence-electron chi connectivity index (χ1n) is 6.96. The van der Waals surface area contributed by atoms with Gasteiger partial charge in [0, 0.05) is 13.1 Å². The highest BCUT2D eigenvalue weighted by Gasteiger charge is 2.32. The zero-order valence-electron chi connectivity index (χ0n) is 12.2. The molecule has 0 amide bonds. The number of anilines is 1. The highest BCUT2D eigenvalue weighted by atomic mass is 16.5. The van der Waals surface area contributed by atoms with Crippen LogP contribution in [0, 0.1) is 5.92 Å². The molecule has 0 saturated carbocycles. The van der Waals surface area contributed by atoms with Crippen LogP contribution in [0.1, 0.15) is 32.6 Å². The Bertz CT molecular complexity index is 441. The van der Waals surface area contributed by atoms with Crippen molar-refractivity contribution in [2.24, 2.45) is 5.92 Å². The number of carbonyl (C=O) groups is 1. The van der Waals surface area contributed by atoms with E-state index in [0.29, 0.717) is 31.7 Å². The van der Waals surface area contributed by atoms with Gasteiger partial charge in [-0.25, -0.2) is 0 Å². The maximum absolute atomic E-state index is 12.0. The SMILES string of the molecule is CCOC(=O)C(c1nc(N2CCOCC2)no1)C(C)C. The summed E-state index contributed by atoms with van der Waals surface area (Å²) in [6.07, 6.45) is 0. The third-order valence-corrected chi connectivity index (χ3v) is 3.20. The quantitative estimate of drug-likeness (QED) is 0.751. The number of esters is 1. The van der Waals surface area contributed by atoms with Gasteiger partial charge in [-0.1, -0.05) is 13.8 Å². The van der Waals surface area contributed by atoms with Gasteiger partial charge in [-0.3, -0.25) is 4.79 Å². The van der Waals surface area contributed by atoms with Gasteiger partial charge >= 0.3 is 5.97 Å². The molecule has 7 heteroatoms. The Morgan fingerprint density at radius 2 is 2.10 bits per heavy atom. The van der Waals surface area contributed by atoms with E-state index < -0.39 is 5.92 Å². The summed E-state index contributed by atoms with van der Waals surface area (Å²) in [4.78, 5) is 18.3. The first-order chi connectivity index (χ1) is 9.63. The third-order valence-electron chi connectivity index (χ3n) is 3.20. The average Bonchev–Trinajstić information content (AvgIpc) is 2.89. The minimum Gasteiger partial charge on any atom is -0.465 e. The molecule has 2 heterocycles. The zero-order valence-corrected chi connectivity index (χ0v) is 12.2. The van der Waals surface area contributed by atoms with Gasteiger partial charge in [0.15, 0.2) is 0 Å². The van der Waals surface area contributed by atoms with E-state index in [1.54, 1.807) is 6.92 Å². The van der Waals surface area contributed by atoms with Gasteiger partial charge in [-0.15, -0.1) is 0 Å². The molecule has 1 saturated heterocycles. The van der Waals surface area contributed by atoms with E-state index in [9.17, 15) is 4.79 Å². The molecule has 0 bridgehead atoms. The maximum Gasteiger partial charge on any atom is 0.318 e. The van der Waals surface area contributed by atoms with E-state index in [0.717, 1.165) is 13.1 Å². The van der Waals surface area contributed by atoms with Crippen molar-refractivity contribution < 1.29 is 18.8 Å². The van der Waals surface area contributed by atoms with E-state index in [4.69, 9.17) is 14.0 Å². The van der Waals surface area contributed by atoms with Gasteiger partial charge in [0.2, 0.25) is 5.89 Å². The molecule has 20 heavy (non-hydrogen) atoms. The molecule has 2 rings (SSSR count). The fourth-order valence-corrected chi connectivity index (χ4v) is 2.14. The first-order valence-corrected chi connectivity index (χ1v) is 6.96. The Morgan fingerprint density at radius 1 is 1.40 bits per heavy atom. The summed E-state index contributed by atoms with van der Waals surface area (Å²) in [7, 11) is 0. The van der Waals surface area contributed by atoms with Crippen LogP contribution in [0.2, 0.25) is 0 Å². The summed E-state index contributed by atoms with van der Waals surface area (Å²) >= 11 is 0. The van der Waals surface area contributed by atoms with E-state index >= 15 is 0 Å². The number of rotatable bonds is 5. The molecular formula is C13H21N3O4. The lowest BCUT2D eigenvalue weighted by atomic mass is 9.96.